The van der Waals surface area contributed by atoms with Crippen LogP contribution >= 0.6 is 0 Å². The van der Waals surface area contributed by atoms with Crippen molar-refractivity contribution in [2.24, 2.45) is 5.73 Å². The summed E-state index contributed by atoms with van der Waals surface area (Å²) in [6.45, 7) is -0.248. The smallest absolute Gasteiger partial charge is 0.329 e. The van der Waals surface area contributed by atoms with E-state index in [9.17, 15) is 22.4 Å². The Bertz CT molecular complexity index is 460. The summed E-state index contributed by atoms with van der Waals surface area (Å²) < 4.78 is 50.6. The van der Waals surface area contributed by atoms with Gasteiger partial charge in [-0.05, 0) is 24.6 Å². The van der Waals surface area contributed by atoms with Gasteiger partial charge in [0.05, 0.1) is 5.56 Å². The van der Waals surface area contributed by atoms with Crippen LogP contribution in [-0.4, -0.2) is 36.6 Å². The van der Waals surface area contributed by atoms with E-state index in [-0.39, 0.29) is 18.7 Å². The highest BCUT2D eigenvalue weighted by Crippen LogP contribution is 2.19. The fraction of sp³-hybridized carbons (Fsp3) is 0.417. The van der Waals surface area contributed by atoms with Crippen LogP contribution in [0.15, 0.2) is 18.2 Å². The highest BCUT2D eigenvalue weighted by Gasteiger charge is 2.33. The minimum Gasteiger partial charge on any atom is -0.329 e. The standard InChI is InChI=1S/C12H14F4N2O/c1-8-2-3-9(10(13)6-8)11(19)18(5-4-17)7-12(14,15)16/h2-3,6H,4-5,7,17H2,1H3. The van der Waals surface area contributed by atoms with Crippen LogP contribution in [-0.2, 0) is 0 Å². The normalized spacial score (nSPS) is 11.5. The second-order valence-electron chi connectivity index (χ2n) is 4.11. The number of aryl methyl sites for hydroxylation is 1. The Hall–Kier alpha value is -1.63. The summed E-state index contributed by atoms with van der Waals surface area (Å²) in [5.41, 5.74) is 5.36. The van der Waals surface area contributed by atoms with Gasteiger partial charge >= 0.3 is 6.18 Å². The van der Waals surface area contributed by atoms with Crippen molar-refractivity contribution in [3.05, 3.63) is 35.1 Å². The van der Waals surface area contributed by atoms with Gasteiger partial charge < -0.3 is 10.6 Å². The zero-order valence-electron chi connectivity index (χ0n) is 10.3. The van der Waals surface area contributed by atoms with Crippen LogP contribution in [0, 0.1) is 12.7 Å². The maximum absolute atomic E-state index is 13.6. The Morgan fingerprint density at radius 3 is 2.47 bits per heavy atom. The van der Waals surface area contributed by atoms with Gasteiger partial charge in [-0.3, -0.25) is 4.79 Å². The number of hydrogen-bond donors (Lipinski definition) is 1. The molecule has 0 aliphatic rings. The van der Waals surface area contributed by atoms with Gasteiger partial charge in [-0.2, -0.15) is 13.2 Å². The number of benzene rings is 1. The Morgan fingerprint density at radius 2 is 2.00 bits per heavy atom. The van der Waals surface area contributed by atoms with Crippen LogP contribution < -0.4 is 5.73 Å². The predicted octanol–water partition coefficient (Wildman–Crippen LogP) is 2.10. The van der Waals surface area contributed by atoms with E-state index < -0.39 is 24.4 Å². The van der Waals surface area contributed by atoms with Crippen LogP contribution in [0.25, 0.3) is 0 Å². The van der Waals surface area contributed by atoms with Crippen molar-refractivity contribution < 1.29 is 22.4 Å². The largest absolute Gasteiger partial charge is 0.406 e. The molecule has 1 amide bonds. The molecule has 2 N–H and O–H groups in total. The zero-order chi connectivity index (χ0) is 14.6. The summed E-state index contributed by atoms with van der Waals surface area (Å²) in [5.74, 6) is -1.85. The van der Waals surface area contributed by atoms with Crippen LogP contribution in [0.5, 0.6) is 0 Å². The minimum absolute atomic E-state index is 0.130. The Kier molecular flexibility index (Phi) is 4.88. The summed E-state index contributed by atoms with van der Waals surface area (Å²) in [7, 11) is 0. The van der Waals surface area contributed by atoms with Gasteiger partial charge in [-0.25, -0.2) is 4.39 Å². The van der Waals surface area contributed by atoms with Crippen molar-refractivity contribution >= 4 is 5.91 Å². The van der Waals surface area contributed by atoms with Crippen LogP contribution in [0.1, 0.15) is 15.9 Å². The summed E-state index contributed by atoms with van der Waals surface area (Å²) in [6.07, 6.45) is -4.55. The van der Waals surface area contributed by atoms with E-state index >= 15 is 0 Å². The molecule has 0 radical (unpaired) electrons. The SMILES string of the molecule is Cc1ccc(C(=O)N(CCN)CC(F)(F)F)c(F)c1. The van der Waals surface area contributed by atoms with Crippen LogP contribution in [0.2, 0.25) is 0 Å². The van der Waals surface area contributed by atoms with Crippen LogP contribution in [0.4, 0.5) is 17.6 Å². The molecule has 19 heavy (non-hydrogen) atoms. The van der Waals surface area contributed by atoms with Gasteiger partial charge in [0.2, 0.25) is 0 Å². The molecule has 3 nitrogen and oxygen atoms in total. The Morgan fingerprint density at radius 1 is 1.37 bits per heavy atom. The number of nitrogens with zero attached hydrogens (tertiary/aromatic N) is 1. The van der Waals surface area contributed by atoms with Crippen LogP contribution in [0.3, 0.4) is 0 Å². The van der Waals surface area contributed by atoms with E-state index in [1.54, 1.807) is 6.92 Å². The summed E-state index contributed by atoms with van der Waals surface area (Å²) in [4.78, 5) is 12.4. The van der Waals surface area contributed by atoms with Gasteiger partial charge in [-0.15, -0.1) is 0 Å². The number of rotatable bonds is 4. The molecule has 0 unspecified atom stereocenters. The predicted molar refractivity (Wildman–Crippen MR) is 62.1 cm³/mol. The molecule has 0 spiro atoms. The van der Waals surface area contributed by atoms with Crippen molar-refractivity contribution in [3.63, 3.8) is 0 Å². The number of carbonyl (C=O) groups excluding carboxylic acids is 1. The van der Waals surface area contributed by atoms with E-state index in [4.69, 9.17) is 5.73 Å². The average molecular weight is 278 g/mol. The van der Waals surface area contributed by atoms with Crippen molar-refractivity contribution in [3.8, 4) is 0 Å². The highest BCUT2D eigenvalue weighted by molar-refractivity contribution is 5.94. The molecule has 0 saturated heterocycles. The molecule has 0 aliphatic heterocycles. The van der Waals surface area contributed by atoms with Gasteiger partial charge in [-0.1, -0.05) is 6.07 Å². The maximum atomic E-state index is 13.6. The maximum Gasteiger partial charge on any atom is 0.406 e. The molecule has 0 aromatic heterocycles. The number of alkyl halides is 3. The topological polar surface area (TPSA) is 46.3 Å². The average Bonchev–Trinajstić information content (AvgIpc) is 2.26. The number of halogens is 4. The molecule has 0 aliphatic carbocycles. The molecule has 0 saturated carbocycles. The molecular formula is C12H14F4N2O. The first-order valence-electron chi connectivity index (χ1n) is 5.57. The van der Waals surface area contributed by atoms with E-state index in [1.165, 1.54) is 12.1 Å². The molecule has 0 bridgehead atoms. The number of nitrogens with two attached hydrogens (primary N) is 1. The van der Waals surface area contributed by atoms with Gasteiger partial charge in [0, 0.05) is 13.1 Å². The third-order valence-corrected chi connectivity index (χ3v) is 2.41. The first kappa shape index (κ1) is 15.4. The lowest BCUT2D eigenvalue weighted by Gasteiger charge is -2.23. The minimum atomic E-state index is -4.55. The lowest BCUT2D eigenvalue weighted by atomic mass is 10.1. The van der Waals surface area contributed by atoms with Crippen molar-refractivity contribution in [1.82, 2.24) is 4.90 Å². The number of amides is 1. The third kappa shape index (κ3) is 4.51. The Labute approximate surface area is 108 Å². The van der Waals surface area contributed by atoms with Crippen molar-refractivity contribution in [1.29, 1.82) is 0 Å². The lowest BCUT2D eigenvalue weighted by Crippen LogP contribution is -2.42. The van der Waals surface area contributed by atoms with E-state index in [0.29, 0.717) is 10.5 Å². The number of hydrogen-bond acceptors (Lipinski definition) is 2. The molecule has 1 rings (SSSR count). The van der Waals surface area contributed by atoms with E-state index in [1.807, 2.05) is 0 Å². The third-order valence-electron chi connectivity index (χ3n) is 2.41. The molecule has 1 aromatic carbocycles. The van der Waals surface area contributed by atoms with E-state index in [0.717, 1.165) is 6.07 Å². The molecule has 106 valence electrons. The number of carbonyl (C=O) groups is 1. The fourth-order valence-electron chi connectivity index (χ4n) is 1.59. The molecule has 0 heterocycles. The summed E-state index contributed by atoms with van der Waals surface area (Å²) >= 11 is 0. The monoisotopic (exact) mass is 278 g/mol. The quantitative estimate of drug-likeness (QED) is 0.857. The van der Waals surface area contributed by atoms with E-state index in [2.05, 4.69) is 0 Å². The Balaban J connectivity index is 2.99. The van der Waals surface area contributed by atoms with Gasteiger partial charge in [0.25, 0.3) is 5.91 Å². The highest BCUT2D eigenvalue weighted by atomic mass is 19.4. The molecule has 0 atom stereocenters. The van der Waals surface area contributed by atoms with Gasteiger partial charge in [0.15, 0.2) is 0 Å². The molecule has 1 aromatic rings. The molecule has 7 heteroatoms. The molecular weight excluding hydrogens is 264 g/mol. The summed E-state index contributed by atoms with van der Waals surface area (Å²) in [5, 5.41) is 0. The second kappa shape index (κ2) is 6.01. The van der Waals surface area contributed by atoms with Crippen molar-refractivity contribution in [2.45, 2.75) is 13.1 Å². The summed E-state index contributed by atoms with van der Waals surface area (Å²) in [6, 6.07) is 3.73. The second-order valence-corrected chi connectivity index (χ2v) is 4.11. The zero-order valence-corrected chi connectivity index (χ0v) is 10.3. The first-order valence-corrected chi connectivity index (χ1v) is 5.57. The van der Waals surface area contributed by atoms with Crippen molar-refractivity contribution in [2.75, 3.05) is 19.6 Å². The molecule has 0 fully saturated rings. The van der Waals surface area contributed by atoms with Gasteiger partial charge in [0.1, 0.15) is 12.4 Å². The first-order chi connectivity index (χ1) is 8.74. The lowest BCUT2D eigenvalue weighted by molar-refractivity contribution is -0.140. The fourth-order valence-corrected chi connectivity index (χ4v) is 1.59.